The quantitative estimate of drug-likeness (QED) is 0.744. The average molecular weight is 250 g/mol. The van der Waals surface area contributed by atoms with Crippen LogP contribution in [0, 0.1) is 0 Å². The van der Waals surface area contributed by atoms with Gasteiger partial charge in [0, 0.05) is 39.3 Å². The molecule has 0 saturated heterocycles. The average Bonchev–Trinajstić information content (AvgIpc) is 2.44. The number of amides is 2. The fraction of sp³-hybridized carbons (Fsp3) is 0.333. The molecule has 1 aromatic carbocycles. The molecule has 0 aromatic heterocycles. The van der Waals surface area contributed by atoms with Crippen LogP contribution in [0.25, 0.3) is 0 Å². The largest absolute Gasteiger partial charge is 0.277 e. The van der Waals surface area contributed by atoms with Gasteiger partial charge >= 0.3 is 0 Å². The summed E-state index contributed by atoms with van der Waals surface area (Å²) < 4.78 is 0. The monoisotopic (exact) mass is 250 g/mol. The van der Waals surface area contributed by atoms with Crippen molar-refractivity contribution in [2.75, 3.05) is 28.2 Å². The van der Waals surface area contributed by atoms with E-state index in [2.05, 4.69) is 10.9 Å². The van der Waals surface area contributed by atoms with E-state index in [1.165, 1.54) is 10.0 Å². The van der Waals surface area contributed by atoms with Gasteiger partial charge in [0.05, 0.1) is 0 Å². The van der Waals surface area contributed by atoms with Crippen molar-refractivity contribution in [3.05, 3.63) is 35.4 Å². The maximum atomic E-state index is 11.8. The molecule has 0 saturated carbocycles. The van der Waals surface area contributed by atoms with Gasteiger partial charge in [-0.25, -0.2) is 10.9 Å². The number of nitrogens with zero attached hydrogens (tertiary/aromatic N) is 2. The Balaban J connectivity index is 2.86. The molecule has 0 aliphatic carbocycles. The van der Waals surface area contributed by atoms with Gasteiger partial charge in [0.25, 0.3) is 11.8 Å². The maximum Gasteiger partial charge on any atom is 0.267 e. The van der Waals surface area contributed by atoms with Crippen LogP contribution in [0.4, 0.5) is 0 Å². The predicted octanol–water partition coefficient (Wildman–Crippen LogP) is 0.0994. The van der Waals surface area contributed by atoms with Gasteiger partial charge in [-0.2, -0.15) is 0 Å². The fourth-order valence-corrected chi connectivity index (χ4v) is 1.35. The van der Waals surface area contributed by atoms with Crippen molar-refractivity contribution < 1.29 is 9.59 Å². The molecular weight excluding hydrogens is 232 g/mol. The van der Waals surface area contributed by atoms with E-state index in [1.807, 2.05) is 0 Å². The number of carbonyl (C=O) groups is 2. The van der Waals surface area contributed by atoms with Crippen molar-refractivity contribution in [1.82, 2.24) is 20.9 Å². The minimum absolute atomic E-state index is 0.154. The molecule has 0 aliphatic heterocycles. The maximum absolute atomic E-state index is 11.8. The lowest BCUT2D eigenvalue weighted by Gasteiger charge is -2.17. The second kappa shape index (κ2) is 6.13. The van der Waals surface area contributed by atoms with Gasteiger partial charge in [0.15, 0.2) is 0 Å². The highest BCUT2D eigenvalue weighted by atomic mass is 16.2. The van der Waals surface area contributed by atoms with E-state index in [-0.39, 0.29) is 11.8 Å². The summed E-state index contributed by atoms with van der Waals surface area (Å²) in [5, 5.41) is 2.74. The molecule has 0 unspecified atom stereocenters. The van der Waals surface area contributed by atoms with E-state index < -0.39 is 0 Å². The van der Waals surface area contributed by atoms with Crippen LogP contribution in [0.3, 0.4) is 0 Å². The normalized spacial score (nSPS) is 10.0. The van der Waals surface area contributed by atoms with Crippen molar-refractivity contribution in [1.29, 1.82) is 0 Å². The number of hydrazine groups is 2. The molecule has 18 heavy (non-hydrogen) atoms. The third-order valence-electron chi connectivity index (χ3n) is 2.66. The van der Waals surface area contributed by atoms with E-state index in [0.29, 0.717) is 11.1 Å². The van der Waals surface area contributed by atoms with Crippen LogP contribution < -0.4 is 10.9 Å². The van der Waals surface area contributed by atoms with Crippen LogP contribution in [0.15, 0.2) is 24.3 Å². The highest BCUT2D eigenvalue weighted by molar-refractivity contribution is 5.97. The Morgan fingerprint density at radius 3 is 1.33 bits per heavy atom. The van der Waals surface area contributed by atoms with Gasteiger partial charge in [-0.15, -0.1) is 0 Å². The molecule has 2 amide bonds. The first-order valence-electron chi connectivity index (χ1n) is 5.52. The van der Waals surface area contributed by atoms with Gasteiger partial charge in [-0.3, -0.25) is 19.6 Å². The summed E-state index contributed by atoms with van der Waals surface area (Å²) in [5.74, 6) is -0.308. The lowest BCUT2D eigenvalue weighted by Crippen LogP contribution is -2.37. The Morgan fingerprint density at radius 2 is 1.11 bits per heavy atom. The van der Waals surface area contributed by atoms with Gasteiger partial charge in [0.2, 0.25) is 0 Å². The van der Waals surface area contributed by atoms with E-state index in [1.54, 1.807) is 52.5 Å². The summed E-state index contributed by atoms with van der Waals surface area (Å²) in [6, 6.07) is 6.53. The number of rotatable bonds is 4. The van der Waals surface area contributed by atoms with Crippen LogP contribution in [-0.2, 0) is 0 Å². The van der Waals surface area contributed by atoms with Crippen LogP contribution >= 0.6 is 0 Å². The smallest absolute Gasteiger partial charge is 0.267 e. The van der Waals surface area contributed by atoms with Crippen LogP contribution in [0.5, 0.6) is 0 Å². The predicted molar refractivity (Wildman–Crippen MR) is 68.7 cm³/mol. The van der Waals surface area contributed by atoms with Crippen LogP contribution in [0.1, 0.15) is 20.7 Å². The zero-order chi connectivity index (χ0) is 13.7. The molecule has 1 aromatic rings. The second-order valence-corrected chi connectivity index (χ2v) is 3.75. The van der Waals surface area contributed by atoms with Gasteiger partial charge in [-0.05, 0) is 24.3 Å². The standard InChI is InChI=1S/C12H18N4O2/c1-13-15(3)11(17)9-5-7-10(8-6-9)12(18)16(4)14-2/h5-8,13-14H,1-4H3. The van der Waals surface area contributed by atoms with Gasteiger partial charge < -0.3 is 0 Å². The highest BCUT2D eigenvalue weighted by Gasteiger charge is 2.13. The van der Waals surface area contributed by atoms with Crippen LogP contribution in [0.2, 0.25) is 0 Å². The van der Waals surface area contributed by atoms with Crippen molar-refractivity contribution in [2.24, 2.45) is 0 Å². The number of hydrogen-bond donors (Lipinski definition) is 2. The van der Waals surface area contributed by atoms with E-state index in [0.717, 1.165) is 0 Å². The zero-order valence-corrected chi connectivity index (χ0v) is 11.0. The molecule has 6 heteroatoms. The summed E-state index contributed by atoms with van der Waals surface area (Å²) in [6.45, 7) is 0. The Labute approximate surface area is 107 Å². The molecule has 0 radical (unpaired) electrons. The number of benzene rings is 1. The van der Waals surface area contributed by atoms with E-state index in [4.69, 9.17) is 0 Å². The lowest BCUT2D eigenvalue weighted by atomic mass is 10.1. The Hall–Kier alpha value is -1.92. The molecule has 0 heterocycles. The molecule has 1 rings (SSSR count). The molecule has 6 nitrogen and oxygen atoms in total. The van der Waals surface area contributed by atoms with E-state index in [9.17, 15) is 9.59 Å². The van der Waals surface area contributed by atoms with Crippen molar-refractivity contribution in [2.45, 2.75) is 0 Å². The fourth-order valence-electron chi connectivity index (χ4n) is 1.35. The molecule has 0 fully saturated rings. The van der Waals surface area contributed by atoms with Crippen molar-refractivity contribution >= 4 is 11.8 Å². The molecule has 0 atom stereocenters. The number of nitrogens with one attached hydrogen (secondary N) is 2. The summed E-state index contributed by atoms with van der Waals surface area (Å²) in [7, 11) is 6.60. The Morgan fingerprint density at radius 1 is 0.833 bits per heavy atom. The third kappa shape index (κ3) is 3.06. The van der Waals surface area contributed by atoms with Crippen LogP contribution in [-0.4, -0.2) is 50.0 Å². The van der Waals surface area contributed by atoms with Gasteiger partial charge in [0.1, 0.15) is 0 Å². The zero-order valence-electron chi connectivity index (χ0n) is 11.0. The first-order chi connectivity index (χ1) is 8.51. The molecule has 0 spiro atoms. The molecular formula is C12H18N4O2. The van der Waals surface area contributed by atoms with E-state index >= 15 is 0 Å². The molecule has 98 valence electrons. The van der Waals surface area contributed by atoms with Crippen molar-refractivity contribution in [3.8, 4) is 0 Å². The van der Waals surface area contributed by atoms with Gasteiger partial charge in [-0.1, -0.05) is 0 Å². The first kappa shape index (κ1) is 14.1. The Bertz CT molecular complexity index is 389. The summed E-state index contributed by atoms with van der Waals surface area (Å²) >= 11 is 0. The van der Waals surface area contributed by atoms with Crippen molar-refractivity contribution in [3.63, 3.8) is 0 Å². The second-order valence-electron chi connectivity index (χ2n) is 3.75. The Kier molecular flexibility index (Phi) is 4.82. The summed E-state index contributed by atoms with van der Waals surface area (Å²) in [6.07, 6.45) is 0. The SMILES string of the molecule is CNN(C)C(=O)c1ccc(C(=O)N(C)NC)cc1. The third-order valence-corrected chi connectivity index (χ3v) is 2.66. The lowest BCUT2D eigenvalue weighted by molar-refractivity contribution is 0.0723. The number of carbonyl (C=O) groups excluding carboxylic acids is 2. The molecule has 0 bridgehead atoms. The minimum atomic E-state index is -0.154. The molecule has 0 aliphatic rings. The summed E-state index contributed by atoms with van der Waals surface area (Å²) in [4.78, 5) is 23.6. The number of hydrogen-bond acceptors (Lipinski definition) is 4. The topological polar surface area (TPSA) is 64.7 Å². The molecule has 2 N–H and O–H groups in total. The minimum Gasteiger partial charge on any atom is -0.277 e. The summed E-state index contributed by atoms with van der Waals surface area (Å²) in [5.41, 5.74) is 6.50. The first-order valence-corrected chi connectivity index (χ1v) is 5.52. The highest BCUT2D eigenvalue weighted by Crippen LogP contribution is 2.07.